The van der Waals surface area contributed by atoms with Crippen LogP contribution >= 0.6 is 11.3 Å². The van der Waals surface area contributed by atoms with Crippen molar-refractivity contribution in [3.8, 4) is 11.4 Å². The SMILES string of the molecule is CCc1cnccc1-c1nc(N)c2ccsc2n1. The zero-order valence-corrected chi connectivity index (χ0v) is 10.7. The fraction of sp³-hybridized carbons (Fsp3) is 0.154. The number of nitrogen functional groups attached to an aromatic ring is 1. The molecule has 0 spiro atoms. The van der Waals surface area contributed by atoms with Gasteiger partial charge in [0.25, 0.3) is 0 Å². The van der Waals surface area contributed by atoms with E-state index in [4.69, 9.17) is 5.73 Å². The monoisotopic (exact) mass is 256 g/mol. The van der Waals surface area contributed by atoms with Gasteiger partial charge in [0.2, 0.25) is 0 Å². The first-order chi connectivity index (χ1) is 8.79. The van der Waals surface area contributed by atoms with E-state index in [2.05, 4.69) is 21.9 Å². The summed E-state index contributed by atoms with van der Waals surface area (Å²) in [7, 11) is 0. The molecule has 3 aromatic rings. The van der Waals surface area contributed by atoms with E-state index in [1.54, 1.807) is 17.5 Å². The van der Waals surface area contributed by atoms with Crippen molar-refractivity contribution in [3.63, 3.8) is 0 Å². The predicted molar refractivity (Wildman–Crippen MR) is 74.4 cm³/mol. The van der Waals surface area contributed by atoms with Crippen molar-refractivity contribution in [1.82, 2.24) is 15.0 Å². The lowest BCUT2D eigenvalue weighted by Gasteiger charge is -2.06. The molecule has 0 aromatic carbocycles. The van der Waals surface area contributed by atoms with Gasteiger partial charge in [0.15, 0.2) is 5.82 Å². The molecule has 5 heteroatoms. The molecule has 2 N–H and O–H groups in total. The third-order valence-corrected chi connectivity index (χ3v) is 3.69. The Kier molecular flexibility index (Phi) is 2.68. The van der Waals surface area contributed by atoms with Crippen molar-refractivity contribution in [2.24, 2.45) is 0 Å². The van der Waals surface area contributed by atoms with Crippen molar-refractivity contribution in [2.45, 2.75) is 13.3 Å². The number of fused-ring (bicyclic) bond motifs is 1. The topological polar surface area (TPSA) is 64.7 Å². The van der Waals surface area contributed by atoms with Crippen LogP contribution in [0.5, 0.6) is 0 Å². The van der Waals surface area contributed by atoms with Crippen LogP contribution in [0.4, 0.5) is 5.82 Å². The molecule has 0 fully saturated rings. The number of pyridine rings is 1. The van der Waals surface area contributed by atoms with Crippen molar-refractivity contribution < 1.29 is 0 Å². The number of aromatic nitrogens is 3. The van der Waals surface area contributed by atoms with Crippen LogP contribution in [-0.4, -0.2) is 15.0 Å². The quantitative estimate of drug-likeness (QED) is 0.765. The van der Waals surface area contributed by atoms with Crippen LogP contribution in [0.2, 0.25) is 0 Å². The van der Waals surface area contributed by atoms with Crippen LogP contribution in [0.15, 0.2) is 29.9 Å². The van der Waals surface area contributed by atoms with Gasteiger partial charge in [0, 0.05) is 18.0 Å². The molecule has 3 rings (SSSR count). The average molecular weight is 256 g/mol. The lowest BCUT2D eigenvalue weighted by Crippen LogP contribution is -1.98. The summed E-state index contributed by atoms with van der Waals surface area (Å²) in [4.78, 5) is 14.0. The summed E-state index contributed by atoms with van der Waals surface area (Å²) in [6.07, 6.45) is 4.51. The Morgan fingerprint density at radius 2 is 2.17 bits per heavy atom. The minimum absolute atomic E-state index is 0.537. The van der Waals surface area contributed by atoms with Gasteiger partial charge in [0.05, 0.1) is 5.39 Å². The maximum absolute atomic E-state index is 5.97. The molecule has 90 valence electrons. The molecule has 0 saturated carbocycles. The average Bonchev–Trinajstić information content (AvgIpc) is 2.87. The van der Waals surface area contributed by atoms with Gasteiger partial charge in [-0.25, -0.2) is 9.97 Å². The lowest BCUT2D eigenvalue weighted by molar-refractivity contribution is 1.09. The van der Waals surface area contributed by atoms with Crippen molar-refractivity contribution in [3.05, 3.63) is 35.5 Å². The first-order valence-corrected chi connectivity index (χ1v) is 6.61. The first kappa shape index (κ1) is 11.1. The molecule has 0 aliphatic heterocycles. The molecule has 0 aliphatic carbocycles. The highest BCUT2D eigenvalue weighted by molar-refractivity contribution is 7.16. The second-order valence-electron chi connectivity index (χ2n) is 3.96. The Labute approximate surface area is 109 Å². The number of rotatable bonds is 2. The molecular weight excluding hydrogens is 244 g/mol. The maximum atomic E-state index is 5.97. The summed E-state index contributed by atoms with van der Waals surface area (Å²) in [5.41, 5.74) is 8.11. The normalized spacial score (nSPS) is 10.9. The van der Waals surface area contributed by atoms with Gasteiger partial charge in [-0.1, -0.05) is 6.92 Å². The standard InChI is InChI=1S/C13H12N4S/c1-2-8-7-15-5-3-9(8)12-16-11(14)10-4-6-18-13(10)17-12/h3-7H,2H2,1H3,(H2,14,16,17). The smallest absolute Gasteiger partial charge is 0.163 e. The molecule has 0 saturated heterocycles. The molecule has 3 heterocycles. The molecule has 18 heavy (non-hydrogen) atoms. The van der Waals surface area contributed by atoms with E-state index in [9.17, 15) is 0 Å². The number of hydrogen-bond acceptors (Lipinski definition) is 5. The van der Waals surface area contributed by atoms with Crippen molar-refractivity contribution in [1.29, 1.82) is 0 Å². The minimum atomic E-state index is 0.537. The van der Waals surface area contributed by atoms with E-state index in [-0.39, 0.29) is 0 Å². The van der Waals surface area contributed by atoms with Gasteiger partial charge >= 0.3 is 0 Å². The Hall–Kier alpha value is -2.01. The first-order valence-electron chi connectivity index (χ1n) is 5.73. The van der Waals surface area contributed by atoms with Crippen molar-refractivity contribution in [2.75, 3.05) is 5.73 Å². The Morgan fingerprint density at radius 1 is 1.28 bits per heavy atom. The fourth-order valence-electron chi connectivity index (χ4n) is 1.93. The van der Waals surface area contributed by atoms with E-state index in [0.717, 1.165) is 27.8 Å². The second kappa shape index (κ2) is 4.34. The molecule has 0 bridgehead atoms. The lowest BCUT2D eigenvalue weighted by atomic mass is 10.1. The number of aryl methyl sites for hydroxylation is 1. The molecule has 0 aliphatic rings. The van der Waals surface area contributed by atoms with Crippen LogP contribution in [-0.2, 0) is 6.42 Å². The zero-order chi connectivity index (χ0) is 12.5. The van der Waals surface area contributed by atoms with Gasteiger partial charge < -0.3 is 5.73 Å². The Bertz CT molecular complexity index is 705. The Balaban J connectivity index is 2.25. The third kappa shape index (κ3) is 1.73. The summed E-state index contributed by atoms with van der Waals surface area (Å²) < 4.78 is 0. The maximum Gasteiger partial charge on any atom is 0.163 e. The Morgan fingerprint density at radius 3 is 3.00 bits per heavy atom. The van der Waals surface area contributed by atoms with E-state index in [1.165, 1.54) is 0 Å². The summed E-state index contributed by atoms with van der Waals surface area (Å²) in [6, 6.07) is 3.89. The van der Waals surface area contributed by atoms with E-state index < -0.39 is 0 Å². The van der Waals surface area contributed by atoms with Crippen LogP contribution in [0.1, 0.15) is 12.5 Å². The molecule has 0 radical (unpaired) electrons. The highest BCUT2D eigenvalue weighted by Gasteiger charge is 2.10. The summed E-state index contributed by atoms with van der Waals surface area (Å²) in [5, 5.41) is 2.91. The highest BCUT2D eigenvalue weighted by Crippen LogP contribution is 2.27. The van der Waals surface area contributed by atoms with Crippen molar-refractivity contribution >= 4 is 27.4 Å². The molecule has 0 unspecified atom stereocenters. The van der Waals surface area contributed by atoms with Gasteiger partial charge in [-0.05, 0) is 29.5 Å². The van der Waals surface area contributed by atoms with Crippen LogP contribution in [0.25, 0.3) is 21.6 Å². The number of anilines is 1. The number of nitrogens with two attached hydrogens (primary N) is 1. The summed E-state index contributed by atoms with van der Waals surface area (Å²) >= 11 is 1.58. The summed E-state index contributed by atoms with van der Waals surface area (Å²) in [6.45, 7) is 2.09. The third-order valence-electron chi connectivity index (χ3n) is 2.88. The van der Waals surface area contributed by atoms with Crippen LogP contribution in [0.3, 0.4) is 0 Å². The number of thiophene rings is 1. The fourth-order valence-corrected chi connectivity index (χ4v) is 2.70. The number of nitrogens with zero attached hydrogens (tertiary/aromatic N) is 3. The van der Waals surface area contributed by atoms with Gasteiger partial charge in [0.1, 0.15) is 10.6 Å². The molecule has 4 nitrogen and oxygen atoms in total. The summed E-state index contributed by atoms with van der Waals surface area (Å²) in [5.74, 6) is 1.22. The van der Waals surface area contributed by atoms with Gasteiger partial charge in [-0.3, -0.25) is 4.98 Å². The molecule has 0 atom stereocenters. The van der Waals surface area contributed by atoms with Crippen LogP contribution in [0, 0.1) is 0 Å². The van der Waals surface area contributed by atoms with Crippen LogP contribution < -0.4 is 5.73 Å². The number of hydrogen-bond donors (Lipinski definition) is 1. The zero-order valence-electron chi connectivity index (χ0n) is 9.92. The second-order valence-corrected chi connectivity index (χ2v) is 4.85. The molecule has 3 aromatic heterocycles. The minimum Gasteiger partial charge on any atom is -0.383 e. The predicted octanol–water partition coefficient (Wildman–Crippen LogP) is 2.90. The van der Waals surface area contributed by atoms with Gasteiger partial charge in [-0.2, -0.15) is 0 Å². The van der Waals surface area contributed by atoms with E-state index >= 15 is 0 Å². The largest absolute Gasteiger partial charge is 0.383 e. The van der Waals surface area contributed by atoms with E-state index in [1.807, 2.05) is 23.7 Å². The van der Waals surface area contributed by atoms with E-state index in [0.29, 0.717) is 11.6 Å². The van der Waals surface area contributed by atoms with Gasteiger partial charge in [-0.15, -0.1) is 11.3 Å². The molecule has 0 amide bonds. The highest BCUT2D eigenvalue weighted by atomic mass is 32.1. The molecular formula is C13H12N4S.